The van der Waals surface area contributed by atoms with E-state index in [-0.39, 0.29) is 17.4 Å². The third-order valence-corrected chi connectivity index (χ3v) is 3.34. The van der Waals surface area contributed by atoms with Crippen LogP contribution in [0.25, 0.3) is 0 Å². The maximum absolute atomic E-state index is 11.8. The zero-order valence-electron chi connectivity index (χ0n) is 9.35. The van der Waals surface area contributed by atoms with Gasteiger partial charge >= 0.3 is 6.09 Å². The Hall–Kier alpha value is -1.75. The molecule has 2 saturated heterocycles. The fraction of sp³-hybridized carbons (Fsp3) is 0.417. The molecule has 2 heterocycles. The van der Waals surface area contributed by atoms with Crippen molar-refractivity contribution in [1.29, 1.82) is 0 Å². The van der Waals surface area contributed by atoms with Crippen LogP contribution in [0.1, 0.15) is 6.42 Å². The van der Waals surface area contributed by atoms with E-state index in [0.29, 0.717) is 13.1 Å². The van der Waals surface area contributed by atoms with Crippen LogP contribution in [0.5, 0.6) is 5.75 Å². The number of hydrogen-bond acceptors (Lipinski definition) is 4. The number of phenols is 1. The highest BCUT2D eigenvalue weighted by atomic mass is 16.6. The van der Waals surface area contributed by atoms with Crippen LogP contribution in [-0.2, 0) is 4.74 Å². The summed E-state index contributed by atoms with van der Waals surface area (Å²) in [6.07, 6.45) is 0.548. The first-order chi connectivity index (χ1) is 8.19. The molecule has 3 rings (SSSR count). The highest BCUT2D eigenvalue weighted by molar-refractivity contribution is 5.90. The van der Waals surface area contributed by atoms with Crippen LogP contribution in [-0.4, -0.2) is 36.4 Å². The van der Waals surface area contributed by atoms with Crippen molar-refractivity contribution in [1.82, 2.24) is 5.32 Å². The molecule has 0 saturated carbocycles. The van der Waals surface area contributed by atoms with Crippen LogP contribution in [0.3, 0.4) is 0 Å². The summed E-state index contributed by atoms with van der Waals surface area (Å²) in [4.78, 5) is 13.5. The number of phenolic OH excluding ortho intramolecular Hbond substituents is 1. The Balaban J connectivity index is 1.85. The summed E-state index contributed by atoms with van der Waals surface area (Å²) in [5.74, 6) is 0.193. The first-order valence-corrected chi connectivity index (χ1v) is 5.69. The number of nitrogens with one attached hydrogen (secondary N) is 1. The van der Waals surface area contributed by atoms with Gasteiger partial charge in [-0.15, -0.1) is 0 Å². The number of aromatic hydroxyl groups is 1. The van der Waals surface area contributed by atoms with E-state index in [0.717, 1.165) is 18.7 Å². The molecule has 1 amide bonds. The molecule has 1 aromatic carbocycles. The number of hydrogen-bond donors (Lipinski definition) is 2. The molecule has 17 heavy (non-hydrogen) atoms. The van der Waals surface area contributed by atoms with Crippen molar-refractivity contribution < 1.29 is 14.6 Å². The highest BCUT2D eigenvalue weighted by Crippen LogP contribution is 2.32. The van der Waals surface area contributed by atoms with Crippen molar-refractivity contribution in [3.05, 3.63) is 24.3 Å². The van der Waals surface area contributed by atoms with Crippen molar-refractivity contribution in [3.63, 3.8) is 0 Å². The summed E-state index contributed by atoms with van der Waals surface area (Å²) in [5.41, 5.74) is 0.395. The highest BCUT2D eigenvalue weighted by Gasteiger charge is 2.47. The molecule has 1 aromatic rings. The minimum atomic E-state index is -0.366. The molecule has 0 radical (unpaired) electrons. The van der Waals surface area contributed by atoms with Crippen LogP contribution >= 0.6 is 0 Å². The number of ether oxygens (including phenoxy) is 1. The first kappa shape index (κ1) is 10.4. The Morgan fingerprint density at radius 1 is 1.35 bits per heavy atom. The lowest BCUT2D eigenvalue weighted by molar-refractivity contribution is 0.0733. The van der Waals surface area contributed by atoms with Gasteiger partial charge in [-0.1, -0.05) is 0 Å². The van der Waals surface area contributed by atoms with Crippen molar-refractivity contribution >= 4 is 11.8 Å². The lowest BCUT2D eigenvalue weighted by Gasteiger charge is -2.19. The van der Waals surface area contributed by atoms with E-state index in [1.807, 2.05) is 0 Å². The normalized spacial score (nSPS) is 27.8. The van der Waals surface area contributed by atoms with Crippen molar-refractivity contribution in [2.75, 3.05) is 24.5 Å². The van der Waals surface area contributed by atoms with Gasteiger partial charge in [-0.25, -0.2) is 4.79 Å². The number of rotatable bonds is 1. The summed E-state index contributed by atoms with van der Waals surface area (Å²) in [5, 5.41) is 12.4. The minimum Gasteiger partial charge on any atom is -0.508 e. The van der Waals surface area contributed by atoms with Gasteiger partial charge in [0.25, 0.3) is 0 Å². The van der Waals surface area contributed by atoms with Gasteiger partial charge in [0.15, 0.2) is 0 Å². The van der Waals surface area contributed by atoms with Gasteiger partial charge < -0.3 is 15.2 Å². The molecule has 1 atom stereocenters. The Morgan fingerprint density at radius 2 is 2.12 bits per heavy atom. The number of benzene rings is 1. The average Bonchev–Trinajstić information content (AvgIpc) is 2.88. The molecule has 90 valence electrons. The summed E-state index contributed by atoms with van der Waals surface area (Å²) >= 11 is 0. The molecule has 2 N–H and O–H groups in total. The maximum atomic E-state index is 11.8. The van der Waals surface area contributed by atoms with Gasteiger partial charge in [-0.05, 0) is 30.8 Å². The number of carbonyl (C=O) groups is 1. The van der Waals surface area contributed by atoms with Gasteiger partial charge in [0.1, 0.15) is 11.4 Å². The Labute approximate surface area is 99.0 Å². The zero-order chi connectivity index (χ0) is 11.9. The van der Waals surface area contributed by atoms with Crippen molar-refractivity contribution in [3.8, 4) is 5.75 Å². The Morgan fingerprint density at radius 3 is 2.76 bits per heavy atom. The standard InChI is InChI=1S/C12H14N2O3/c15-10-3-1-9(2-4-10)14-8-12(17-11(14)16)5-6-13-7-12/h1-4,13,15H,5-8H2. The fourth-order valence-electron chi connectivity index (χ4n) is 2.40. The molecule has 0 aromatic heterocycles. The lowest BCUT2D eigenvalue weighted by Crippen LogP contribution is -2.36. The van der Waals surface area contributed by atoms with Crippen LogP contribution in [0.4, 0.5) is 10.5 Å². The van der Waals surface area contributed by atoms with Crippen LogP contribution in [0.2, 0.25) is 0 Å². The second-order valence-electron chi connectivity index (χ2n) is 4.58. The third-order valence-electron chi connectivity index (χ3n) is 3.34. The largest absolute Gasteiger partial charge is 0.508 e. The molecular formula is C12H14N2O3. The monoisotopic (exact) mass is 234 g/mol. The molecular weight excluding hydrogens is 220 g/mol. The number of carbonyl (C=O) groups excluding carboxylic acids is 1. The second-order valence-corrected chi connectivity index (χ2v) is 4.58. The SMILES string of the molecule is O=C1OC2(CCNC2)CN1c1ccc(O)cc1. The van der Waals surface area contributed by atoms with Crippen molar-refractivity contribution in [2.45, 2.75) is 12.0 Å². The smallest absolute Gasteiger partial charge is 0.415 e. The molecule has 2 fully saturated rings. The predicted octanol–water partition coefficient (Wildman–Crippen LogP) is 1.08. The Bertz CT molecular complexity index is 438. The first-order valence-electron chi connectivity index (χ1n) is 5.69. The van der Waals surface area contributed by atoms with Gasteiger partial charge in [-0.2, -0.15) is 0 Å². The van der Waals surface area contributed by atoms with E-state index in [4.69, 9.17) is 4.74 Å². The summed E-state index contributed by atoms with van der Waals surface area (Å²) in [6, 6.07) is 6.58. The van der Waals surface area contributed by atoms with E-state index in [1.165, 1.54) is 0 Å². The van der Waals surface area contributed by atoms with E-state index in [1.54, 1.807) is 29.2 Å². The van der Waals surface area contributed by atoms with E-state index in [2.05, 4.69) is 5.32 Å². The lowest BCUT2D eigenvalue weighted by atomic mass is 10.0. The van der Waals surface area contributed by atoms with Crippen LogP contribution in [0, 0.1) is 0 Å². The summed E-state index contributed by atoms with van der Waals surface area (Å²) in [6.45, 7) is 2.17. The molecule has 0 bridgehead atoms. The summed E-state index contributed by atoms with van der Waals surface area (Å²) in [7, 11) is 0. The maximum Gasteiger partial charge on any atom is 0.415 e. The second kappa shape index (κ2) is 3.63. The number of nitrogens with zero attached hydrogens (tertiary/aromatic N) is 1. The zero-order valence-corrected chi connectivity index (χ0v) is 9.35. The van der Waals surface area contributed by atoms with Crippen LogP contribution < -0.4 is 10.2 Å². The van der Waals surface area contributed by atoms with Gasteiger partial charge in [0, 0.05) is 18.7 Å². The third kappa shape index (κ3) is 1.72. The Kier molecular flexibility index (Phi) is 2.22. The number of anilines is 1. The minimum absolute atomic E-state index is 0.193. The van der Waals surface area contributed by atoms with E-state index >= 15 is 0 Å². The van der Waals surface area contributed by atoms with Gasteiger partial charge in [0.2, 0.25) is 0 Å². The average molecular weight is 234 g/mol. The quantitative estimate of drug-likeness (QED) is 0.763. The van der Waals surface area contributed by atoms with Crippen LogP contribution in [0.15, 0.2) is 24.3 Å². The van der Waals surface area contributed by atoms with E-state index in [9.17, 15) is 9.90 Å². The molecule has 2 aliphatic rings. The fourth-order valence-corrected chi connectivity index (χ4v) is 2.40. The van der Waals surface area contributed by atoms with E-state index < -0.39 is 0 Å². The molecule has 0 aliphatic carbocycles. The summed E-state index contributed by atoms with van der Waals surface area (Å²) < 4.78 is 5.47. The molecule has 5 nitrogen and oxygen atoms in total. The van der Waals surface area contributed by atoms with Gasteiger partial charge in [0.05, 0.1) is 6.54 Å². The molecule has 2 aliphatic heterocycles. The number of amides is 1. The molecule has 1 unspecified atom stereocenters. The predicted molar refractivity (Wildman–Crippen MR) is 62.2 cm³/mol. The van der Waals surface area contributed by atoms with Gasteiger partial charge in [-0.3, -0.25) is 4.90 Å². The molecule has 1 spiro atoms. The molecule has 5 heteroatoms. The topological polar surface area (TPSA) is 61.8 Å². The van der Waals surface area contributed by atoms with Crippen molar-refractivity contribution in [2.24, 2.45) is 0 Å².